The Balaban J connectivity index is 2.16. The Hall–Kier alpha value is -2.29. The lowest BCUT2D eigenvalue weighted by molar-refractivity contribution is -0.140. The number of nitrogens with two attached hydrogens (primary N) is 1. The summed E-state index contributed by atoms with van der Waals surface area (Å²) >= 11 is 3.34. The van der Waals surface area contributed by atoms with E-state index in [-0.39, 0.29) is 5.96 Å². The first kappa shape index (κ1) is 17.5. The van der Waals surface area contributed by atoms with Crippen LogP contribution in [0.4, 0.5) is 13.2 Å². The van der Waals surface area contributed by atoms with E-state index in [0.717, 1.165) is 9.04 Å². The van der Waals surface area contributed by atoms with Crippen LogP contribution in [0.3, 0.4) is 0 Å². The Morgan fingerprint density at radius 2 is 2.00 bits per heavy atom. The summed E-state index contributed by atoms with van der Waals surface area (Å²) in [4.78, 5) is 18.5. The SMILES string of the molecule is CN1C(=O)C(c2cccc(Br)c2)(c2ccn(CC(F)(F)F)c2)N=C1N. The molecule has 1 aliphatic heterocycles. The number of guanidine groups is 1. The van der Waals surface area contributed by atoms with Crippen molar-refractivity contribution in [1.82, 2.24) is 9.47 Å². The number of likely N-dealkylation sites (N-methyl/N-ethyl adjacent to an activating group) is 1. The molecule has 3 rings (SSSR count). The number of benzene rings is 1. The molecule has 0 bridgehead atoms. The van der Waals surface area contributed by atoms with Crippen molar-refractivity contribution in [3.05, 3.63) is 58.3 Å². The first-order chi connectivity index (χ1) is 11.6. The maximum atomic E-state index is 12.9. The molecule has 0 aliphatic carbocycles. The molecule has 1 amide bonds. The van der Waals surface area contributed by atoms with Gasteiger partial charge in [-0.3, -0.25) is 9.69 Å². The molecule has 0 fully saturated rings. The van der Waals surface area contributed by atoms with Crippen molar-refractivity contribution in [3.63, 3.8) is 0 Å². The Bertz CT molecular complexity index is 861. The summed E-state index contributed by atoms with van der Waals surface area (Å²) in [5, 5.41) is 0. The van der Waals surface area contributed by atoms with E-state index < -0.39 is 24.2 Å². The Kier molecular flexibility index (Phi) is 4.14. The summed E-state index contributed by atoms with van der Waals surface area (Å²) in [5.41, 5.74) is 5.17. The third kappa shape index (κ3) is 3.04. The largest absolute Gasteiger partial charge is 0.406 e. The van der Waals surface area contributed by atoms with Gasteiger partial charge in [-0.05, 0) is 23.8 Å². The van der Waals surface area contributed by atoms with Gasteiger partial charge in [0.05, 0.1) is 0 Å². The molecular formula is C16H14BrF3N4O. The van der Waals surface area contributed by atoms with Gasteiger partial charge in [-0.25, -0.2) is 4.99 Å². The molecule has 5 nitrogen and oxygen atoms in total. The van der Waals surface area contributed by atoms with Crippen LogP contribution >= 0.6 is 15.9 Å². The highest BCUT2D eigenvalue weighted by atomic mass is 79.9. The molecule has 2 aromatic rings. The maximum absolute atomic E-state index is 12.9. The van der Waals surface area contributed by atoms with E-state index in [1.54, 1.807) is 24.3 Å². The van der Waals surface area contributed by atoms with Crippen LogP contribution in [0.1, 0.15) is 11.1 Å². The van der Waals surface area contributed by atoms with Crippen molar-refractivity contribution < 1.29 is 18.0 Å². The fourth-order valence-electron chi connectivity index (χ4n) is 2.86. The molecule has 2 N–H and O–H groups in total. The van der Waals surface area contributed by atoms with Crippen LogP contribution in [0.5, 0.6) is 0 Å². The van der Waals surface area contributed by atoms with Crippen molar-refractivity contribution in [3.8, 4) is 0 Å². The lowest BCUT2D eigenvalue weighted by Gasteiger charge is -2.25. The summed E-state index contributed by atoms with van der Waals surface area (Å²) in [7, 11) is 1.48. The van der Waals surface area contributed by atoms with Crippen molar-refractivity contribution >= 4 is 27.8 Å². The van der Waals surface area contributed by atoms with Gasteiger partial charge in [0.25, 0.3) is 5.91 Å². The van der Waals surface area contributed by atoms with Gasteiger partial charge in [-0.15, -0.1) is 0 Å². The number of carbonyl (C=O) groups is 1. The second-order valence-corrected chi connectivity index (χ2v) is 6.66. The summed E-state index contributed by atoms with van der Waals surface area (Å²) in [5.74, 6) is -0.415. The normalized spacial score (nSPS) is 20.9. The van der Waals surface area contributed by atoms with E-state index in [9.17, 15) is 18.0 Å². The van der Waals surface area contributed by atoms with E-state index >= 15 is 0 Å². The molecule has 132 valence electrons. The monoisotopic (exact) mass is 414 g/mol. The zero-order valence-electron chi connectivity index (χ0n) is 13.1. The van der Waals surface area contributed by atoms with Crippen molar-refractivity contribution in [2.45, 2.75) is 18.3 Å². The maximum Gasteiger partial charge on any atom is 0.406 e. The molecule has 1 unspecified atom stereocenters. The topological polar surface area (TPSA) is 63.6 Å². The highest BCUT2D eigenvalue weighted by Gasteiger charge is 2.50. The van der Waals surface area contributed by atoms with Crippen molar-refractivity contribution in [2.24, 2.45) is 10.7 Å². The van der Waals surface area contributed by atoms with E-state index in [0.29, 0.717) is 11.1 Å². The van der Waals surface area contributed by atoms with Gasteiger partial charge >= 0.3 is 6.18 Å². The Labute approximate surface area is 150 Å². The lowest BCUT2D eigenvalue weighted by atomic mass is 9.84. The Morgan fingerprint density at radius 1 is 1.28 bits per heavy atom. The van der Waals surface area contributed by atoms with E-state index in [2.05, 4.69) is 20.9 Å². The summed E-state index contributed by atoms with van der Waals surface area (Å²) in [6, 6.07) is 8.36. The fraction of sp³-hybridized carbons (Fsp3) is 0.250. The molecule has 9 heteroatoms. The number of rotatable bonds is 3. The number of aliphatic imine (C=N–C) groups is 1. The molecule has 0 spiro atoms. The minimum atomic E-state index is -4.36. The molecule has 1 atom stereocenters. The number of carbonyl (C=O) groups excluding carboxylic acids is 1. The first-order valence-electron chi connectivity index (χ1n) is 7.26. The number of amides is 1. The number of halogens is 4. The number of hydrogen-bond donors (Lipinski definition) is 1. The second kappa shape index (κ2) is 5.91. The van der Waals surface area contributed by atoms with Crippen LogP contribution < -0.4 is 5.73 Å². The zero-order valence-corrected chi connectivity index (χ0v) is 14.7. The van der Waals surface area contributed by atoms with Crippen LogP contribution in [0, 0.1) is 0 Å². The molecule has 1 aliphatic rings. The third-order valence-corrected chi connectivity index (χ3v) is 4.51. The fourth-order valence-corrected chi connectivity index (χ4v) is 3.26. The van der Waals surface area contributed by atoms with E-state index in [4.69, 9.17) is 5.73 Å². The van der Waals surface area contributed by atoms with Crippen LogP contribution in [0.2, 0.25) is 0 Å². The number of aromatic nitrogens is 1. The Morgan fingerprint density at radius 3 is 2.56 bits per heavy atom. The van der Waals surface area contributed by atoms with E-state index in [1.165, 1.54) is 30.4 Å². The van der Waals surface area contributed by atoms with Crippen molar-refractivity contribution in [1.29, 1.82) is 0 Å². The van der Waals surface area contributed by atoms with Crippen LogP contribution in [-0.2, 0) is 16.9 Å². The van der Waals surface area contributed by atoms with Crippen LogP contribution in [-0.4, -0.2) is 34.6 Å². The standard InChI is InChI=1S/C16H14BrF3N4O/c1-23-13(25)16(22-14(23)21,10-3-2-4-12(17)7-10)11-5-6-24(8-11)9-15(18,19)20/h2-8H,9H2,1H3,(H2,21,22). The molecule has 25 heavy (non-hydrogen) atoms. The quantitative estimate of drug-likeness (QED) is 0.838. The van der Waals surface area contributed by atoms with Crippen LogP contribution in [0.15, 0.2) is 52.2 Å². The number of nitrogens with zero attached hydrogens (tertiary/aromatic N) is 3. The number of alkyl halides is 3. The highest BCUT2D eigenvalue weighted by Crippen LogP contribution is 2.40. The summed E-state index contributed by atoms with van der Waals surface area (Å²) in [6.07, 6.45) is -1.81. The van der Waals surface area contributed by atoms with Crippen molar-refractivity contribution in [2.75, 3.05) is 7.05 Å². The number of hydrogen-bond acceptors (Lipinski definition) is 3. The first-order valence-corrected chi connectivity index (χ1v) is 8.05. The lowest BCUT2D eigenvalue weighted by Crippen LogP contribution is -2.41. The zero-order chi connectivity index (χ0) is 18.4. The van der Waals surface area contributed by atoms with Gasteiger partial charge in [-0.1, -0.05) is 28.1 Å². The van der Waals surface area contributed by atoms with Crippen LogP contribution in [0.25, 0.3) is 0 Å². The molecule has 0 saturated heterocycles. The second-order valence-electron chi connectivity index (χ2n) is 5.74. The minimum Gasteiger partial charge on any atom is -0.369 e. The van der Waals surface area contributed by atoms with Gasteiger partial charge in [0.1, 0.15) is 6.54 Å². The molecule has 1 aromatic heterocycles. The molecular weight excluding hydrogens is 401 g/mol. The average molecular weight is 415 g/mol. The van der Waals surface area contributed by atoms with E-state index in [1.807, 2.05) is 0 Å². The smallest absolute Gasteiger partial charge is 0.369 e. The van der Waals surface area contributed by atoms with Gasteiger partial charge < -0.3 is 10.3 Å². The van der Waals surface area contributed by atoms with Gasteiger partial charge in [0, 0.05) is 29.5 Å². The molecule has 0 radical (unpaired) electrons. The minimum absolute atomic E-state index is 0.00791. The third-order valence-electron chi connectivity index (χ3n) is 4.01. The molecule has 1 aromatic carbocycles. The highest BCUT2D eigenvalue weighted by molar-refractivity contribution is 9.10. The van der Waals surface area contributed by atoms with Gasteiger partial charge in [-0.2, -0.15) is 13.2 Å². The van der Waals surface area contributed by atoms with Gasteiger partial charge in [0.15, 0.2) is 11.5 Å². The predicted octanol–water partition coefficient (Wildman–Crippen LogP) is 2.84. The summed E-state index contributed by atoms with van der Waals surface area (Å²) in [6.45, 7) is -1.15. The molecule has 2 heterocycles. The predicted molar refractivity (Wildman–Crippen MR) is 89.8 cm³/mol. The average Bonchev–Trinajstić information content (AvgIpc) is 3.05. The summed E-state index contributed by atoms with van der Waals surface area (Å²) < 4.78 is 39.6. The van der Waals surface area contributed by atoms with Gasteiger partial charge in [0.2, 0.25) is 0 Å². The molecule has 0 saturated carbocycles.